The molecule has 0 saturated heterocycles. The number of hydrogen-bond acceptors (Lipinski definition) is 10. The van der Waals surface area contributed by atoms with Crippen LogP contribution in [0.15, 0.2) is 71.1 Å². The molecule has 0 spiro atoms. The smallest absolute Gasteiger partial charge is 0.336 e. The summed E-state index contributed by atoms with van der Waals surface area (Å²) in [6.45, 7) is 4.96. The fourth-order valence-corrected chi connectivity index (χ4v) is 4.23. The molecule has 11 heteroatoms. The number of ether oxygens (including phenoxy) is 4. The lowest BCUT2D eigenvalue weighted by molar-refractivity contribution is -0.384. The van der Waals surface area contributed by atoms with Gasteiger partial charge >= 0.3 is 17.9 Å². The van der Waals surface area contributed by atoms with Crippen LogP contribution in [0.3, 0.4) is 0 Å². The van der Waals surface area contributed by atoms with E-state index >= 15 is 0 Å². The van der Waals surface area contributed by atoms with Gasteiger partial charge in [0.2, 0.25) is 0 Å². The van der Waals surface area contributed by atoms with Crippen LogP contribution < -0.4 is 10.1 Å². The highest BCUT2D eigenvalue weighted by Crippen LogP contribution is 2.40. The topological polar surface area (TPSA) is 143 Å². The molecule has 2 aromatic carbocycles. The van der Waals surface area contributed by atoms with Crippen LogP contribution >= 0.6 is 0 Å². The van der Waals surface area contributed by atoms with Crippen molar-refractivity contribution in [2.24, 2.45) is 0 Å². The average Bonchev–Trinajstić information content (AvgIpc) is 2.90. The molecule has 11 nitrogen and oxygen atoms in total. The minimum atomic E-state index is -0.938. The van der Waals surface area contributed by atoms with Gasteiger partial charge in [-0.25, -0.2) is 9.59 Å². The molecule has 2 aromatic rings. The van der Waals surface area contributed by atoms with Crippen molar-refractivity contribution in [2.75, 3.05) is 26.9 Å². The average molecular weight is 539 g/mol. The molecule has 1 unspecified atom stereocenters. The third kappa shape index (κ3) is 7.44. The van der Waals surface area contributed by atoms with Crippen LogP contribution in [0.5, 0.6) is 5.75 Å². The molecule has 0 saturated carbocycles. The largest absolute Gasteiger partial charge is 0.490 e. The van der Waals surface area contributed by atoms with E-state index in [1.165, 1.54) is 32.2 Å². The molecule has 1 atom stereocenters. The minimum absolute atomic E-state index is 0.0679. The fraction of sp³-hybridized carbons (Fsp3) is 0.321. The summed E-state index contributed by atoms with van der Waals surface area (Å²) in [4.78, 5) is 47.7. The lowest BCUT2D eigenvalue weighted by atomic mass is 9.80. The third-order valence-electron chi connectivity index (χ3n) is 6.00. The number of hydrogen-bond donors (Lipinski definition) is 1. The number of rotatable bonds is 11. The van der Waals surface area contributed by atoms with Gasteiger partial charge in [0, 0.05) is 36.9 Å². The number of non-ortho nitro benzene ring substituents is 1. The summed E-state index contributed by atoms with van der Waals surface area (Å²) in [6.07, 6.45) is 0.577. The Labute approximate surface area is 225 Å². The van der Waals surface area contributed by atoms with E-state index < -0.39 is 22.8 Å². The van der Waals surface area contributed by atoms with E-state index in [9.17, 15) is 24.5 Å². The molecule has 1 aliphatic heterocycles. The van der Waals surface area contributed by atoms with Gasteiger partial charge in [0.1, 0.15) is 19.0 Å². The van der Waals surface area contributed by atoms with Crippen molar-refractivity contribution in [3.63, 3.8) is 0 Å². The Kier molecular flexibility index (Phi) is 9.80. The van der Waals surface area contributed by atoms with Gasteiger partial charge in [-0.2, -0.15) is 0 Å². The normalized spacial score (nSPS) is 14.8. The highest BCUT2D eigenvalue weighted by molar-refractivity contribution is 5.99. The summed E-state index contributed by atoms with van der Waals surface area (Å²) in [7, 11) is 1.22. The van der Waals surface area contributed by atoms with Crippen LogP contribution in [0.2, 0.25) is 0 Å². The van der Waals surface area contributed by atoms with E-state index in [-0.39, 0.29) is 36.0 Å². The van der Waals surface area contributed by atoms with E-state index in [2.05, 4.69) is 5.32 Å². The molecule has 1 heterocycles. The van der Waals surface area contributed by atoms with Crippen molar-refractivity contribution >= 4 is 23.6 Å². The Hall–Kier alpha value is -4.67. The number of allylic oxidation sites excluding steroid dienone is 2. The maximum Gasteiger partial charge on any atom is 0.336 e. The summed E-state index contributed by atoms with van der Waals surface area (Å²) >= 11 is 0. The van der Waals surface area contributed by atoms with E-state index in [0.29, 0.717) is 35.7 Å². The number of dihydropyridines is 1. The van der Waals surface area contributed by atoms with Crippen molar-refractivity contribution in [1.82, 2.24) is 5.32 Å². The Morgan fingerprint density at radius 1 is 0.923 bits per heavy atom. The second-order valence-corrected chi connectivity index (χ2v) is 8.70. The van der Waals surface area contributed by atoms with E-state index in [4.69, 9.17) is 18.9 Å². The van der Waals surface area contributed by atoms with Crippen LogP contribution in [0, 0.1) is 10.1 Å². The summed E-state index contributed by atoms with van der Waals surface area (Å²) in [5.41, 5.74) is 2.38. The Morgan fingerprint density at radius 3 is 2.21 bits per heavy atom. The summed E-state index contributed by atoms with van der Waals surface area (Å²) in [5, 5.41) is 14.4. The summed E-state index contributed by atoms with van der Waals surface area (Å²) in [6, 6.07) is 13.0. The number of nitro groups is 1. The first-order chi connectivity index (χ1) is 18.6. The number of benzene rings is 2. The minimum Gasteiger partial charge on any atom is -0.490 e. The first-order valence-electron chi connectivity index (χ1n) is 12.2. The highest BCUT2D eigenvalue weighted by atomic mass is 16.6. The number of esters is 3. The molecule has 1 aliphatic rings. The number of nitrogens with zero attached hydrogens (tertiary/aromatic N) is 1. The van der Waals surface area contributed by atoms with Crippen LogP contribution in [0.1, 0.15) is 37.8 Å². The number of nitrogens with one attached hydrogen (secondary N) is 1. The Bertz CT molecular complexity index is 1310. The molecular formula is C28H30N2O9. The zero-order valence-electron chi connectivity index (χ0n) is 22.1. The standard InChI is InChI=1S/C28H30N2O9/c1-17-24(27(32)36-4)26(21-6-5-7-22(16-21)30(34)35)25(18(2)29-17)28(33)39-15-14-38-23-10-8-20(9-11-23)12-13-37-19(3)31/h5-11,16,26,29H,12-15H2,1-4H3. The molecule has 0 aliphatic carbocycles. The van der Waals surface area contributed by atoms with Crippen molar-refractivity contribution in [3.05, 3.63) is 92.3 Å². The molecule has 0 radical (unpaired) electrons. The van der Waals surface area contributed by atoms with Crippen molar-refractivity contribution < 1.29 is 38.3 Å². The molecular weight excluding hydrogens is 508 g/mol. The third-order valence-corrected chi connectivity index (χ3v) is 6.00. The van der Waals surface area contributed by atoms with Gasteiger partial charge in [-0.3, -0.25) is 14.9 Å². The van der Waals surface area contributed by atoms with Gasteiger partial charge in [-0.05, 0) is 37.1 Å². The quantitative estimate of drug-likeness (QED) is 0.148. The Morgan fingerprint density at radius 2 is 1.59 bits per heavy atom. The van der Waals surface area contributed by atoms with Crippen LogP contribution in [-0.4, -0.2) is 49.8 Å². The molecule has 0 fully saturated rings. The summed E-state index contributed by atoms with van der Waals surface area (Å²) in [5.74, 6) is -2.07. The number of methoxy groups -OCH3 is 1. The maximum absolute atomic E-state index is 13.3. The zero-order chi connectivity index (χ0) is 28.5. The predicted octanol–water partition coefficient (Wildman–Crippen LogP) is 3.73. The second-order valence-electron chi connectivity index (χ2n) is 8.70. The first-order valence-corrected chi connectivity index (χ1v) is 12.2. The fourth-order valence-electron chi connectivity index (χ4n) is 4.23. The monoisotopic (exact) mass is 538 g/mol. The second kappa shape index (κ2) is 13.2. The van der Waals surface area contributed by atoms with E-state index in [1.54, 1.807) is 32.0 Å². The molecule has 0 bridgehead atoms. The number of carbonyl (C=O) groups excluding carboxylic acids is 3. The molecule has 1 N–H and O–H groups in total. The first kappa shape index (κ1) is 28.9. The van der Waals surface area contributed by atoms with Crippen LogP contribution in [0.25, 0.3) is 0 Å². The zero-order valence-corrected chi connectivity index (χ0v) is 22.1. The van der Waals surface area contributed by atoms with Crippen molar-refractivity contribution in [3.8, 4) is 5.75 Å². The maximum atomic E-state index is 13.3. The van der Waals surface area contributed by atoms with Gasteiger partial charge in [-0.15, -0.1) is 0 Å². The summed E-state index contributed by atoms with van der Waals surface area (Å²) < 4.78 is 21.0. The highest BCUT2D eigenvalue weighted by Gasteiger charge is 2.38. The van der Waals surface area contributed by atoms with Gasteiger partial charge in [-0.1, -0.05) is 24.3 Å². The van der Waals surface area contributed by atoms with Gasteiger partial charge < -0.3 is 24.3 Å². The van der Waals surface area contributed by atoms with Gasteiger partial charge in [0.05, 0.1) is 35.7 Å². The van der Waals surface area contributed by atoms with Crippen LogP contribution in [-0.2, 0) is 35.0 Å². The SMILES string of the molecule is COC(=O)C1=C(C)NC(C)=C(C(=O)OCCOc2ccc(CCOC(C)=O)cc2)C1c1cccc([N+](=O)[O-])c1. The van der Waals surface area contributed by atoms with Gasteiger partial charge in [0.15, 0.2) is 0 Å². The molecule has 39 heavy (non-hydrogen) atoms. The lowest BCUT2D eigenvalue weighted by Crippen LogP contribution is -2.32. The van der Waals surface area contributed by atoms with Crippen LogP contribution in [0.4, 0.5) is 5.69 Å². The Balaban J connectivity index is 1.71. The lowest BCUT2D eigenvalue weighted by Gasteiger charge is -2.30. The van der Waals surface area contributed by atoms with Crippen molar-refractivity contribution in [2.45, 2.75) is 33.1 Å². The van der Waals surface area contributed by atoms with Crippen molar-refractivity contribution in [1.29, 1.82) is 0 Å². The van der Waals surface area contributed by atoms with E-state index in [1.807, 2.05) is 12.1 Å². The predicted molar refractivity (Wildman–Crippen MR) is 140 cm³/mol. The number of nitro benzene ring substituents is 1. The molecule has 0 aromatic heterocycles. The molecule has 0 amide bonds. The van der Waals surface area contributed by atoms with E-state index in [0.717, 1.165) is 5.56 Å². The number of carbonyl (C=O) groups is 3. The van der Waals surface area contributed by atoms with Gasteiger partial charge in [0.25, 0.3) is 5.69 Å². The molecule has 206 valence electrons. The molecule has 3 rings (SSSR count).